The third kappa shape index (κ3) is 2.86. The van der Waals surface area contributed by atoms with Gasteiger partial charge in [-0.25, -0.2) is 18.2 Å². The van der Waals surface area contributed by atoms with E-state index in [0.717, 1.165) is 12.1 Å². The van der Waals surface area contributed by atoms with Crippen molar-refractivity contribution in [3.63, 3.8) is 0 Å². The van der Waals surface area contributed by atoms with Gasteiger partial charge < -0.3 is 10.8 Å². The number of pyridine rings is 1. The SMILES string of the molecule is Nc1cc(C(=O)O)ccc1S(=O)(=O)Nc1ccccn1. The van der Waals surface area contributed by atoms with Crippen molar-refractivity contribution in [1.29, 1.82) is 0 Å². The maximum Gasteiger partial charge on any atom is 0.335 e. The number of nitrogens with one attached hydrogen (secondary N) is 1. The van der Waals surface area contributed by atoms with Gasteiger partial charge in [-0.2, -0.15) is 0 Å². The Bertz CT molecular complexity index is 745. The van der Waals surface area contributed by atoms with Crippen molar-refractivity contribution in [1.82, 2.24) is 4.98 Å². The van der Waals surface area contributed by atoms with Crippen molar-refractivity contribution in [2.45, 2.75) is 4.90 Å². The van der Waals surface area contributed by atoms with Gasteiger partial charge in [0.15, 0.2) is 0 Å². The summed E-state index contributed by atoms with van der Waals surface area (Å²) < 4.78 is 26.5. The average Bonchev–Trinajstić information content (AvgIpc) is 2.38. The monoisotopic (exact) mass is 293 g/mol. The second-order valence-corrected chi connectivity index (χ2v) is 5.53. The molecule has 1 heterocycles. The van der Waals surface area contributed by atoms with Crippen LogP contribution in [-0.4, -0.2) is 24.5 Å². The number of anilines is 2. The normalized spacial score (nSPS) is 11.0. The molecule has 0 aliphatic carbocycles. The first-order valence-electron chi connectivity index (χ1n) is 5.47. The van der Waals surface area contributed by atoms with Crippen molar-refractivity contribution >= 4 is 27.5 Å². The van der Waals surface area contributed by atoms with Gasteiger partial charge in [-0.3, -0.25) is 4.72 Å². The van der Waals surface area contributed by atoms with Gasteiger partial charge in [0.2, 0.25) is 0 Å². The van der Waals surface area contributed by atoms with Crippen LogP contribution in [0, 0.1) is 0 Å². The maximum absolute atomic E-state index is 12.1. The maximum atomic E-state index is 12.1. The number of hydrogen-bond acceptors (Lipinski definition) is 5. The summed E-state index contributed by atoms with van der Waals surface area (Å²) in [6.45, 7) is 0. The predicted octanol–water partition coefficient (Wildman–Crippen LogP) is 1.16. The van der Waals surface area contributed by atoms with Gasteiger partial charge in [0.05, 0.1) is 11.3 Å². The summed E-state index contributed by atoms with van der Waals surface area (Å²) in [7, 11) is -3.92. The third-order valence-corrected chi connectivity index (χ3v) is 3.88. The number of benzene rings is 1. The molecule has 104 valence electrons. The highest BCUT2D eigenvalue weighted by molar-refractivity contribution is 7.92. The molecule has 0 aliphatic heterocycles. The molecule has 2 aromatic rings. The number of sulfonamides is 1. The molecule has 7 nitrogen and oxygen atoms in total. The smallest absolute Gasteiger partial charge is 0.335 e. The molecule has 0 fully saturated rings. The Hall–Kier alpha value is -2.61. The fourth-order valence-corrected chi connectivity index (χ4v) is 2.66. The molecule has 0 bridgehead atoms. The van der Waals surface area contributed by atoms with Gasteiger partial charge in [0.1, 0.15) is 10.7 Å². The molecule has 0 saturated carbocycles. The van der Waals surface area contributed by atoms with Gasteiger partial charge in [-0.15, -0.1) is 0 Å². The van der Waals surface area contributed by atoms with E-state index in [1.54, 1.807) is 12.1 Å². The molecule has 1 aromatic carbocycles. The number of nitrogens with zero attached hydrogens (tertiary/aromatic N) is 1. The molecule has 0 saturated heterocycles. The fraction of sp³-hybridized carbons (Fsp3) is 0. The standard InChI is InChI=1S/C12H11N3O4S/c13-9-7-8(12(16)17)4-5-10(9)20(18,19)15-11-3-1-2-6-14-11/h1-7H,13H2,(H,14,15)(H,16,17). The van der Waals surface area contributed by atoms with E-state index in [4.69, 9.17) is 10.8 Å². The fourth-order valence-electron chi connectivity index (χ4n) is 1.54. The van der Waals surface area contributed by atoms with E-state index in [9.17, 15) is 13.2 Å². The van der Waals surface area contributed by atoms with E-state index >= 15 is 0 Å². The van der Waals surface area contributed by atoms with Gasteiger partial charge in [-0.1, -0.05) is 6.07 Å². The van der Waals surface area contributed by atoms with Crippen LogP contribution >= 0.6 is 0 Å². The number of carboxylic acids is 1. The van der Waals surface area contributed by atoms with Crippen molar-refractivity contribution in [2.75, 3.05) is 10.5 Å². The zero-order valence-electron chi connectivity index (χ0n) is 10.1. The van der Waals surface area contributed by atoms with Crippen LogP contribution in [0.3, 0.4) is 0 Å². The third-order valence-electron chi connectivity index (χ3n) is 2.45. The first-order valence-corrected chi connectivity index (χ1v) is 6.95. The lowest BCUT2D eigenvalue weighted by Crippen LogP contribution is -2.16. The first kappa shape index (κ1) is 13.8. The van der Waals surface area contributed by atoms with Crippen molar-refractivity contribution < 1.29 is 18.3 Å². The molecule has 4 N–H and O–H groups in total. The van der Waals surface area contributed by atoms with Crippen molar-refractivity contribution in [3.8, 4) is 0 Å². The number of rotatable bonds is 4. The van der Waals surface area contributed by atoms with Gasteiger partial charge in [0, 0.05) is 6.20 Å². The number of carboxylic acid groups (broad SMARTS) is 1. The number of aromatic carboxylic acids is 1. The summed E-state index contributed by atoms with van der Waals surface area (Å²) in [4.78, 5) is 14.4. The molecule has 1 aromatic heterocycles. The second-order valence-electron chi connectivity index (χ2n) is 3.88. The average molecular weight is 293 g/mol. The summed E-state index contributed by atoms with van der Waals surface area (Å²) in [5, 5.41) is 8.81. The lowest BCUT2D eigenvalue weighted by Gasteiger charge is -2.09. The van der Waals surface area contributed by atoms with Crippen LogP contribution in [0.25, 0.3) is 0 Å². The molecule has 20 heavy (non-hydrogen) atoms. The summed E-state index contributed by atoms with van der Waals surface area (Å²) in [5.74, 6) is -1.03. The van der Waals surface area contributed by atoms with E-state index in [1.165, 1.54) is 18.3 Å². The Morgan fingerprint density at radius 2 is 2.00 bits per heavy atom. The molecule has 8 heteroatoms. The van der Waals surface area contributed by atoms with Gasteiger partial charge >= 0.3 is 5.97 Å². The molecule has 0 atom stereocenters. The number of aromatic nitrogens is 1. The van der Waals surface area contributed by atoms with Crippen molar-refractivity contribution in [3.05, 3.63) is 48.2 Å². The lowest BCUT2D eigenvalue weighted by molar-refractivity contribution is 0.0697. The highest BCUT2D eigenvalue weighted by Crippen LogP contribution is 2.22. The Labute approximate surface area is 115 Å². The van der Waals surface area contributed by atoms with Crippen LogP contribution in [0.15, 0.2) is 47.5 Å². The van der Waals surface area contributed by atoms with Crippen molar-refractivity contribution in [2.24, 2.45) is 0 Å². The number of nitrogen functional groups attached to an aromatic ring is 1. The molecule has 0 unspecified atom stereocenters. The van der Waals surface area contributed by atoms with E-state index < -0.39 is 16.0 Å². The summed E-state index contributed by atoms with van der Waals surface area (Å²) >= 11 is 0. The summed E-state index contributed by atoms with van der Waals surface area (Å²) in [6.07, 6.45) is 1.44. The molecule has 0 radical (unpaired) electrons. The number of carbonyl (C=O) groups is 1. The van der Waals surface area contributed by atoms with Crippen LogP contribution in [0.1, 0.15) is 10.4 Å². The summed E-state index contributed by atoms with van der Waals surface area (Å²) in [6, 6.07) is 8.17. The zero-order chi connectivity index (χ0) is 14.8. The summed E-state index contributed by atoms with van der Waals surface area (Å²) in [5.41, 5.74) is 5.37. The van der Waals surface area contributed by atoms with E-state index in [2.05, 4.69) is 9.71 Å². The highest BCUT2D eigenvalue weighted by Gasteiger charge is 2.19. The van der Waals surface area contributed by atoms with Crippen LogP contribution in [0.2, 0.25) is 0 Å². The van der Waals surface area contributed by atoms with Crippen LogP contribution in [0.4, 0.5) is 11.5 Å². The van der Waals surface area contributed by atoms with Crippen LogP contribution in [-0.2, 0) is 10.0 Å². The number of hydrogen-bond donors (Lipinski definition) is 3. The van der Waals surface area contributed by atoms with Gasteiger partial charge in [-0.05, 0) is 30.3 Å². The Kier molecular flexibility index (Phi) is 3.57. The lowest BCUT2D eigenvalue weighted by atomic mass is 10.2. The Balaban J connectivity index is 2.37. The molecular weight excluding hydrogens is 282 g/mol. The molecule has 2 rings (SSSR count). The van der Waals surface area contributed by atoms with E-state index in [0.29, 0.717) is 0 Å². The number of nitrogens with two attached hydrogens (primary N) is 1. The minimum atomic E-state index is -3.92. The highest BCUT2D eigenvalue weighted by atomic mass is 32.2. The first-order chi connectivity index (χ1) is 9.40. The topological polar surface area (TPSA) is 122 Å². The van der Waals surface area contributed by atoms with Crippen LogP contribution in [0.5, 0.6) is 0 Å². The zero-order valence-corrected chi connectivity index (χ0v) is 11.0. The largest absolute Gasteiger partial charge is 0.478 e. The molecule has 0 amide bonds. The molecular formula is C12H11N3O4S. The minimum absolute atomic E-state index is 0.0840. The Morgan fingerprint density at radius 3 is 2.55 bits per heavy atom. The second kappa shape index (κ2) is 5.17. The molecule has 0 aliphatic rings. The van der Waals surface area contributed by atoms with E-state index in [1.807, 2.05) is 0 Å². The van der Waals surface area contributed by atoms with E-state index in [-0.39, 0.29) is 22.0 Å². The molecule has 0 spiro atoms. The van der Waals surface area contributed by atoms with Crippen LogP contribution < -0.4 is 10.5 Å². The van der Waals surface area contributed by atoms with Gasteiger partial charge in [0.25, 0.3) is 10.0 Å². The minimum Gasteiger partial charge on any atom is -0.478 e. The quantitative estimate of drug-likeness (QED) is 0.727. The predicted molar refractivity (Wildman–Crippen MR) is 72.9 cm³/mol. The Morgan fingerprint density at radius 1 is 1.25 bits per heavy atom.